The second-order valence-corrected chi connectivity index (χ2v) is 8.58. The largest absolute Gasteiger partial charge is 0.321 e. The van der Waals surface area contributed by atoms with Crippen molar-refractivity contribution in [3.05, 3.63) is 100 Å². The highest BCUT2D eigenvalue weighted by Gasteiger charge is 2.25. The third-order valence-electron chi connectivity index (χ3n) is 6.09. The second-order valence-electron chi connectivity index (χ2n) is 8.58. The Morgan fingerprint density at radius 1 is 0.882 bits per heavy atom. The number of amides is 2. The maximum Gasteiger partial charge on any atom is 0.278 e. The predicted molar refractivity (Wildman–Crippen MR) is 132 cm³/mol. The quantitative estimate of drug-likeness (QED) is 0.490. The van der Waals surface area contributed by atoms with Crippen LogP contribution < -0.4 is 10.2 Å². The number of aryl methyl sites for hydroxylation is 3. The second kappa shape index (κ2) is 8.59. The number of fused-ring (bicyclic) bond motifs is 1. The lowest BCUT2D eigenvalue weighted by Gasteiger charge is -2.17. The highest BCUT2D eigenvalue weighted by atomic mass is 16.2. The highest BCUT2D eigenvalue weighted by Crippen LogP contribution is 2.29. The molecule has 7 nitrogen and oxygen atoms in total. The molecule has 1 aliphatic rings. The Morgan fingerprint density at radius 2 is 1.65 bits per heavy atom. The standard InChI is InChI=1S/C27H25N5O2/c1-17-8-13-23(18(2)16-17)32-29-19(3)25(30-32)26(33)28-22-11-9-21(10-12-22)27(34)31-15-14-20-6-4-5-7-24(20)31/h4-13,16H,14-15H2,1-3H3,(H,28,33). The van der Waals surface area contributed by atoms with Gasteiger partial charge in [-0.15, -0.1) is 5.10 Å². The van der Waals surface area contributed by atoms with Crippen LogP contribution in [0.1, 0.15) is 43.2 Å². The molecule has 1 aromatic heterocycles. The molecule has 0 spiro atoms. The number of anilines is 2. The van der Waals surface area contributed by atoms with Gasteiger partial charge in [0, 0.05) is 23.5 Å². The van der Waals surface area contributed by atoms with Gasteiger partial charge in [0.1, 0.15) is 0 Å². The minimum absolute atomic E-state index is 0.0462. The predicted octanol–water partition coefficient (Wildman–Crippen LogP) is 4.65. The molecule has 4 aromatic rings. The first kappa shape index (κ1) is 21.6. The van der Waals surface area contributed by atoms with Gasteiger partial charge < -0.3 is 10.2 Å². The number of benzene rings is 3. The molecular weight excluding hydrogens is 426 g/mol. The van der Waals surface area contributed by atoms with Crippen molar-refractivity contribution in [1.29, 1.82) is 0 Å². The van der Waals surface area contributed by atoms with Crippen molar-refractivity contribution in [2.75, 3.05) is 16.8 Å². The number of carbonyl (C=O) groups is 2. The maximum atomic E-state index is 13.0. The van der Waals surface area contributed by atoms with Crippen molar-refractivity contribution >= 4 is 23.2 Å². The summed E-state index contributed by atoms with van der Waals surface area (Å²) >= 11 is 0. The molecule has 0 bridgehead atoms. The molecule has 34 heavy (non-hydrogen) atoms. The summed E-state index contributed by atoms with van der Waals surface area (Å²) in [5, 5.41) is 11.7. The molecule has 5 rings (SSSR count). The van der Waals surface area contributed by atoms with Gasteiger partial charge in [0.05, 0.1) is 11.4 Å². The Labute approximate surface area is 198 Å². The van der Waals surface area contributed by atoms with E-state index in [2.05, 4.69) is 27.6 Å². The topological polar surface area (TPSA) is 80.1 Å². The van der Waals surface area contributed by atoms with Crippen molar-refractivity contribution < 1.29 is 9.59 Å². The summed E-state index contributed by atoms with van der Waals surface area (Å²) in [7, 11) is 0. The average molecular weight is 452 g/mol. The average Bonchev–Trinajstić information content (AvgIpc) is 3.43. The molecule has 0 unspecified atom stereocenters. The molecule has 7 heteroatoms. The Balaban J connectivity index is 1.31. The van der Waals surface area contributed by atoms with E-state index in [-0.39, 0.29) is 17.5 Å². The van der Waals surface area contributed by atoms with Gasteiger partial charge in [-0.2, -0.15) is 9.90 Å². The van der Waals surface area contributed by atoms with Crippen LogP contribution in [0.4, 0.5) is 11.4 Å². The third kappa shape index (κ3) is 3.96. The van der Waals surface area contributed by atoms with E-state index < -0.39 is 0 Å². The van der Waals surface area contributed by atoms with Crippen LogP contribution in [-0.2, 0) is 6.42 Å². The van der Waals surface area contributed by atoms with E-state index in [0.29, 0.717) is 23.5 Å². The fourth-order valence-corrected chi connectivity index (χ4v) is 4.32. The Morgan fingerprint density at radius 3 is 2.41 bits per heavy atom. The number of hydrogen-bond acceptors (Lipinski definition) is 4. The van der Waals surface area contributed by atoms with Crippen LogP contribution in [0.5, 0.6) is 0 Å². The molecule has 0 radical (unpaired) electrons. The van der Waals surface area contributed by atoms with Crippen LogP contribution >= 0.6 is 0 Å². The van der Waals surface area contributed by atoms with Crippen molar-refractivity contribution in [3.63, 3.8) is 0 Å². The zero-order valence-corrected chi connectivity index (χ0v) is 19.4. The van der Waals surface area contributed by atoms with Crippen molar-refractivity contribution in [2.45, 2.75) is 27.2 Å². The van der Waals surface area contributed by atoms with Crippen LogP contribution in [0.3, 0.4) is 0 Å². The highest BCUT2D eigenvalue weighted by molar-refractivity contribution is 6.08. The summed E-state index contributed by atoms with van der Waals surface area (Å²) in [6.45, 7) is 6.45. The number of hydrogen-bond donors (Lipinski definition) is 1. The van der Waals surface area contributed by atoms with Crippen molar-refractivity contribution in [2.24, 2.45) is 0 Å². The van der Waals surface area contributed by atoms with Crippen LogP contribution in [0.2, 0.25) is 0 Å². The summed E-state index contributed by atoms with van der Waals surface area (Å²) in [6.07, 6.45) is 0.859. The lowest BCUT2D eigenvalue weighted by molar-refractivity contribution is 0.0988. The summed E-state index contributed by atoms with van der Waals surface area (Å²) < 4.78 is 0. The normalized spacial score (nSPS) is 12.5. The first-order valence-corrected chi connectivity index (χ1v) is 11.2. The third-order valence-corrected chi connectivity index (χ3v) is 6.09. The van der Waals surface area contributed by atoms with E-state index in [1.807, 2.05) is 44.2 Å². The minimum atomic E-state index is -0.346. The monoisotopic (exact) mass is 451 g/mol. The van der Waals surface area contributed by atoms with Crippen molar-refractivity contribution in [3.8, 4) is 5.69 Å². The molecule has 1 aliphatic heterocycles. The molecule has 1 N–H and O–H groups in total. The number of nitrogens with zero attached hydrogens (tertiary/aromatic N) is 4. The van der Waals surface area contributed by atoms with Gasteiger partial charge in [0.25, 0.3) is 11.8 Å². The molecule has 0 fully saturated rings. The molecular formula is C27H25N5O2. The van der Waals surface area contributed by atoms with E-state index in [1.54, 1.807) is 36.1 Å². The number of para-hydroxylation sites is 1. The summed E-state index contributed by atoms with van der Waals surface area (Å²) in [6, 6.07) is 20.9. The molecule has 0 saturated carbocycles. The van der Waals surface area contributed by atoms with Crippen LogP contribution in [-0.4, -0.2) is 33.4 Å². The minimum Gasteiger partial charge on any atom is -0.321 e. The van der Waals surface area contributed by atoms with Crippen LogP contribution in [0, 0.1) is 20.8 Å². The lowest BCUT2D eigenvalue weighted by Crippen LogP contribution is -2.28. The first-order valence-electron chi connectivity index (χ1n) is 11.2. The first-order chi connectivity index (χ1) is 16.4. The van der Waals surface area contributed by atoms with Gasteiger partial charge >= 0.3 is 0 Å². The van der Waals surface area contributed by atoms with E-state index in [4.69, 9.17) is 0 Å². The zero-order valence-electron chi connectivity index (χ0n) is 19.4. The van der Waals surface area contributed by atoms with Gasteiger partial charge in [-0.05, 0) is 74.7 Å². The summed E-state index contributed by atoms with van der Waals surface area (Å²) in [5.41, 5.74) is 7.12. The van der Waals surface area contributed by atoms with E-state index in [9.17, 15) is 9.59 Å². The zero-order chi connectivity index (χ0) is 23.8. The SMILES string of the molecule is Cc1ccc(-n2nc(C)c(C(=O)Nc3ccc(C(=O)N4CCc5ccccc54)cc3)n2)c(C)c1. The molecule has 0 saturated heterocycles. The fourth-order valence-electron chi connectivity index (χ4n) is 4.32. The smallest absolute Gasteiger partial charge is 0.278 e. The summed E-state index contributed by atoms with van der Waals surface area (Å²) in [5.74, 6) is -0.392. The Kier molecular flexibility index (Phi) is 5.45. The van der Waals surface area contributed by atoms with Gasteiger partial charge in [-0.25, -0.2) is 0 Å². The Bertz CT molecular complexity index is 1410. The molecule has 170 valence electrons. The van der Waals surface area contributed by atoms with Crippen LogP contribution in [0.15, 0.2) is 66.7 Å². The number of aromatic nitrogens is 3. The molecule has 2 amide bonds. The van der Waals surface area contributed by atoms with Gasteiger partial charge in [0.2, 0.25) is 0 Å². The van der Waals surface area contributed by atoms with E-state index in [1.165, 1.54) is 10.4 Å². The molecule has 3 aromatic carbocycles. The molecule has 0 atom stereocenters. The van der Waals surface area contributed by atoms with Gasteiger partial charge in [0.15, 0.2) is 5.69 Å². The molecule has 0 aliphatic carbocycles. The summed E-state index contributed by atoms with van der Waals surface area (Å²) in [4.78, 5) is 29.2. The number of nitrogens with one attached hydrogen (secondary N) is 1. The van der Waals surface area contributed by atoms with Gasteiger partial charge in [-0.3, -0.25) is 9.59 Å². The maximum absolute atomic E-state index is 13.0. The van der Waals surface area contributed by atoms with E-state index >= 15 is 0 Å². The molecule has 2 heterocycles. The van der Waals surface area contributed by atoms with Crippen molar-refractivity contribution in [1.82, 2.24) is 15.0 Å². The number of rotatable bonds is 4. The van der Waals surface area contributed by atoms with Gasteiger partial charge in [-0.1, -0.05) is 35.9 Å². The fraction of sp³-hybridized carbons (Fsp3) is 0.185. The van der Waals surface area contributed by atoms with E-state index in [0.717, 1.165) is 28.9 Å². The Hall–Kier alpha value is -4.26. The lowest BCUT2D eigenvalue weighted by atomic mass is 10.1. The van der Waals surface area contributed by atoms with Crippen LogP contribution in [0.25, 0.3) is 5.69 Å². The number of carbonyl (C=O) groups excluding carboxylic acids is 2.